The second-order valence-corrected chi connectivity index (χ2v) is 19.3. The van der Waals surface area contributed by atoms with Crippen molar-refractivity contribution in [1.82, 2.24) is 0 Å². The van der Waals surface area contributed by atoms with Crippen molar-refractivity contribution in [1.29, 1.82) is 0 Å². The largest absolute Gasteiger partial charge is 0.311 e. The Morgan fingerprint density at radius 1 is 0.373 bits per heavy atom. The topological polar surface area (TPSA) is 6.48 Å². The van der Waals surface area contributed by atoms with Crippen LogP contribution in [0.25, 0.3) is 22.3 Å². The van der Waals surface area contributed by atoms with Crippen molar-refractivity contribution in [2.24, 2.45) is 23.7 Å². The molecule has 15 rings (SSSR count). The van der Waals surface area contributed by atoms with E-state index < -0.39 is 0 Å². The standard InChI is InChI=1S/C56H45BN2/c1-2-12-38(13-3-1)58-49-22-11-23-50-53(49)57(46-33-32-44-52(54(46)58)40-15-5-7-17-42(40)56(44)36-28-29-37(56)31-30-36)45-19-8-9-20-47(45)59(50)48-21-10-18-43-51(48)39-14-4-6-16-41(39)55(43)34-24-25-35(55)27-26-34/h1-23,32-37H,24-31H2. The van der Waals surface area contributed by atoms with Crippen LogP contribution in [0.4, 0.5) is 34.1 Å². The molecule has 0 unspecified atom stereocenters. The summed E-state index contributed by atoms with van der Waals surface area (Å²) in [4.78, 5) is 5.36. The predicted molar refractivity (Wildman–Crippen MR) is 244 cm³/mol. The van der Waals surface area contributed by atoms with Crippen molar-refractivity contribution in [3.63, 3.8) is 0 Å². The van der Waals surface area contributed by atoms with Crippen molar-refractivity contribution in [3.8, 4) is 22.3 Å². The fourth-order valence-electron chi connectivity index (χ4n) is 15.9. The van der Waals surface area contributed by atoms with Crippen LogP contribution in [0.5, 0.6) is 0 Å². The molecule has 0 radical (unpaired) electrons. The number of benzene rings is 7. The molecule has 6 aliphatic carbocycles. The molecular formula is C56H45BN2. The maximum atomic E-state index is 2.68. The van der Waals surface area contributed by atoms with Crippen LogP contribution in [-0.4, -0.2) is 6.71 Å². The summed E-state index contributed by atoms with van der Waals surface area (Å²) >= 11 is 0. The van der Waals surface area contributed by atoms with E-state index in [4.69, 9.17) is 0 Å². The zero-order valence-corrected chi connectivity index (χ0v) is 33.4. The fraction of sp³-hybridized carbons (Fsp3) is 0.250. The van der Waals surface area contributed by atoms with E-state index in [1.807, 2.05) is 0 Å². The Labute approximate surface area is 347 Å². The van der Waals surface area contributed by atoms with Gasteiger partial charge in [-0.2, -0.15) is 0 Å². The highest BCUT2D eigenvalue weighted by atomic mass is 15.2. The Morgan fingerprint density at radius 3 is 1.54 bits per heavy atom. The van der Waals surface area contributed by atoms with Gasteiger partial charge in [0, 0.05) is 50.4 Å². The summed E-state index contributed by atoms with van der Waals surface area (Å²) in [6.45, 7) is 0.110. The number of rotatable bonds is 2. The van der Waals surface area contributed by atoms with E-state index in [2.05, 4.69) is 161 Å². The number of nitrogens with zero attached hydrogens (tertiary/aromatic N) is 2. The molecule has 4 saturated carbocycles. The molecular weight excluding hydrogens is 711 g/mol. The van der Waals surface area contributed by atoms with Gasteiger partial charge in [-0.3, -0.25) is 0 Å². The van der Waals surface area contributed by atoms with Crippen molar-refractivity contribution in [2.45, 2.75) is 62.2 Å². The summed E-state index contributed by atoms with van der Waals surface area (Å²) < 4.78 is 0. The molecule has 2 aliphatic heterocycles. The minimum absolute atomic E-state index is 0.110. The molecule has 282 valence electrons. The second-order valence-electron chi connectivity index (χ2n) is 19.3. The predicted octanol–water partition coefficient (Wildman–Crippen LogP) is 11.9. The lowest BCUT2D eigenvalue weighted by atomic mass is 9.33. The molecule has 0 amide bonds. The van der Waals surface area contributed by atoms with Crippen molar-refractivity contribution in [2.75, 3.05) is 9.80 Å². The molecule has 7 aromatic rings. The maximum Gasteiger partial charge on any atom is 0.252 e. The van der Waals surface area contributed by atoms with Crippen molar-refractivity contribution >= 4 is 57.2 Å². The minimum atomic E-state index is 0.110. The molecule has 4 fully saturated rings. The van der Waals surface area contributed by atoms with Crippen LogP contribution in [0.2, 0.25) is 0 Å². The molecule has 0 N–H and O–H groups in total. The molecule has 7 aromatic carbocycles. The second kappa shape index (κ2) is 11.1. The average molecular weight is 757 g/mol. The molecule has 0 atom stereocenters. The summed E-state index contributed by atoms with van der Waals surface area (Å²) in [6, 6.07) is 59.6. The zero-order chi connectivity index (χ0) is 38.2. The van der Waals surface area contributed by atoms with E-state index in [1.54, 1.807) is 22.3 Å². The van der Waals surface area contributed by atoms with E-state index in [9.17, 15) is 0 Å². The van der Waals surface area contributed by atoms with Crippen LogP contribution in [-0.2, 0) is 10.8 Å². The van der Waals surface area contributed by atoms with Crippen LogP contribution in [0, 0.1) is 23.7 Å². The van der Waals surface area contributed by atoms with Crippen LogP contribution in [0.3, 0.4) is 0 Å². The van der Waals surface area contributed by atoms with Gasteiger partial charge < -0.3 is 9.80 Å². The number of anilines is 6. The first kappa shape index (κ1) is 32.1. The monoisotopic (exact) mass is 756 g/mol. The molecule has 8 aliphatic rings. The lowest BCUT2D eigenvalue weighted by Gasteiger charge is -2.45. The Balaban J connectivity index is 1.02. The smallest absolute Gasteiger partial charge is 0.252 e. The van der Waals surface area contributed by atoms with E-state index >= 15 is 0 Å². The van der Waals surface area contributed by atoms with Gasteiger partial charge in [0.2, 0.25) is 0 Å². The highest BCUT2D eigenvalue weighted by Crippen LogP contribution is 2.71. The van der Waals surface area contributed by atoms with Gasteiger partial charge >= 0.3 is 0 Å². The number of para-hydroxylation sites is 2. The number of fused-ring (bicyclic) bond motifs is 11. The summed E-state index contributed by atoms with van der Waals surface area (Å²) in [5, 5.41) is 0. The number of hydrogen-bond acceptors (Lipinski definition) is 2. The van der Waals surface area contributed by atoms with Crippen molar-refractivity contribution in [3.05, 3.63) is 174 Å². The fourth-order valence-corrected chi connectivity index (χ4v) is 15.9. The highest BCUT2D eigenvalue weighted by Gasteiger charge is 2.62. The third-order valence-electron chi connectivity index (χ3n) is 17.6. The van der Waals surface area contributed by atoms with E-state index in [0.717, 1.165) is 23.7 Å². The van der Waals surface area contributed by atoms with Gasteiger partial charge in [0.25, 0.3) is 6.71 Å². The maximum absolute atomic E-state index is 2.68. The molecule has 0 aromatic heterocycles. The Bertz CT molecular complexity index is 2920. The number of hydrogen-bond donors (Lipinski definition) is 0. The molecule has 2 heterocycles. The SMILES string of the molecule is c1ccc(N2c3cccc4c3B(c3ccccc3N4c3cccc4c3-c3ccccc3C43C4CCC3CC4)c3ccc4c(c32)-c2ccccc2C42C3CCC2CC3)cc1. The first-order valence-electron chi connectivity index (χ1n) is 22.7. The third kappa shape index (κ3) is 3.56. The minimum Gasteiger partial charge on any atom is -0.311 e. The quantitative estimate of drug-likeness (QED) is 0.162. The van der Waals surface area contributed by atoms with Gasteiger partial charge in [0.15, 0.2) is 0 Å². The Morgan fingerprint density at radius 2 is 0.864 bits per heavy atom. The summed E-state index contributed by atoms with van der Waals surface area (Å²) in [5.41, 5.74) is 24.7. The van der Waals surface area contributed by atoms with E-state index in [1.165, 1.54) is 124 Å². The van der Waals surface area contributed by atoms with Crippen LogP contribution >= 0.6 is 0 Å². The Hall–Kier alpha value is -5.80. The van der Waals surface area contributed by atoms with E-state index in [0.29, 0.717) is 0 Å². The average Bonchev–Trinajstić information content (AvgIpc) is 4.15. The summed E-state index contributed by atoms with van der Waals surface area (Å²) in [5.74, 6) is 2.91. The van der Waals surface area contributed by atoms with Gasteiger partial charge in [-0.05, 0) is 161 Å². The van der Waals surface area contributed by atoms with Crippen LogP contribution < -0.4 is 26.2 Å². The van der Waals surface area contributed by atoms with Gasteiger partial charge in [-0.1, -0.05) is 115 Å². The molecule has 2 nitrogen and oxygen atoms in total. The van der Waals surface area contributed by atoms with Gasteiger partial charge in [0.05, 0.1) is 5.69 Å². The summed E-state index contributed by atoms with van der Waals surface area (Å²) in [7, 11) is 0. The highest BCUT2D eigenvalue weighted by molar-refractivity contribution is 7.00. The first-order chi connectivity index (χ1) is 29.3. The van der Waals surface area contributed by atoms with E-state index in [-0.39, 0.29) is 17.5 Å². The van der Waals surface area contributed by atoms with Crippen LogP contribution in [0.15, 0.2) is 152 Å². The third-order valence-corrected chi connectivity index (χ3v) is 17.6. The van der Waals surface area contributed by atoms with Crippen LogP contribution in [0.1, 0.15) is 73.6 Å². The van der Waals surface area contributed by atoms with Crippen molar-refractivity contribution < 1.29 is 0 Å². The Kier molecular flexibility index (Phi) is 6.02. The van der Waals surface area contributed by atoms with Gasteiger partial charge in [0.1, 0.15) is 0 Å². The molecule has 3 heteroatoms. The van der Waals surface area contributed by atoms with Gasteiger partial charge in [-0.25, -0.2) is 0 Å². The summed E-state index contributed by atoms with van der Waals surface area (Å²) in [6.07, 6.45) is 10.8. The van der Waals surface area contributed by atoms with Gasteiger partial charge in [-0.15, -0.1) is 0 Å². The lowest BCUT2D eigenvalue weighted by molar-refractivity contribution is 0.400. The lowest BCUT2D eigenvalue weighted by Crippen LogP contribution is -2.61. The molecule has 4 bridgehead atoms. The normalized spacial score (nSPS) is 27.5. The first-order valence-corrected chi connectivity index (χ1v) is 22.7. The zero-order valence-electron chi connectivity index (χ0n) is 33.4. The molecule has 2 spiro atoms. The molecule has 0 saturated heterocycles. The molecule has 59 heavy (non-hydrogen) atoms.